The van der Waals surface area contributed by atoms with Gasteiger partial charge in [0.1, 0.15) is 0 Å². The lowest BCUT2D eigenvalue weighted by molar-refractivity contribution is 0.262. The van der Waals surface area contributed by atoms with Crippen LogP contribution >= 0.6 is 0 Å². The first-order chi connectivity index (χ1) is 8.86. The number of nitrogens with two attached hydrogens (primary N) is 1. The molecule has 1 unspecified atom stereocenters. The molecule has 1 aromatic heterocycles. The van der Waals surface area contributed by atoms with E-state index in [0.717, 1.165) is 17.9 Å². The highest BCUT2D eigenvalue weighted by atomic mass is 15.2. The highest BCUT2D eigenvalue weighted by molar-refractivity contribution is 5.79. The summed E-state index contributed by atoms with van der Waals surface area (Å²) in [5, 5.41) is 1.18. The lowest BCUT2D eigenvalue weighted by Crippen LogP contribution is -2.31. The van der Waals surface area contributed by atoms with Crippen molar-refractivity contribution in [1.29, 1.82) is 0 Å². The molecule has 0 amide bonds. The van der Waals surface area contributed by atoms with Gasteiger partial charge in [0.05, 0.1) is 5.52 Å². The van der Waals surface area contributed by atoms with Crippen molar-refractivity contribution in [2.45, 2.75) is 31.7 Å². The molecule has 1 atom stereocenters. The van der Waals surface area contributed by atoms with Crippen LogP contribution in [0.1, 0.15) is 37.3 Å². The molecule has 1 aliphatic carbocycles. The van der Waals surface area contributed by atoms with E-state index in [9.17, 15) is 0 Å². The van der Waals surface area contributed by atoms with E-state index in [0.29, 0.717) is 0 Å². The van der Waals surface area contributed by atoms with Crippen molar-refractivity contribution in [1.82, 2.24) is 10.4 Å². The van der Waals surface area contributed by atoms with Crippen LogP contribution in [0.5, 0.6) is 0 Å². The second kappa shape index (κ2) is 5.04. The van der Waals surface area contributed by atoms with Gasteiger partial charge in [-0.15, -0.1) is 0 Å². The van der Waals surface area contributed by atoms with Gasteiger partial charge in [0.2, 0.25) is 0 Å². The van der Waals surface area contributed by atoms with E-state index in [1.165, 1.54) is 30.2 Å². The molecular weight excluding hydrogens is 222 g/mol. The largest absolute Gasteiger partial charge is 0.271 e. The van der Waals surface area contributed by atoms with Gasteiger partial charge in [0.25, 0.3) is 0 Å². The van der Waals surface area contributed by atoms with Gasteiger partial charge < -0.3 is 0 Å². The molecule has 3 rings (SSSR count). The summed E-state index contributed by atoms with van der Waals surface area (Å²) >= 11 is 0. The van der Waals surface area contributed by atoms with Crippen molar-refractivity contribution >= 4 is 10.9 Å². The third-order valence-electron chi connectivity index (χ3n) is 4.02. The molecule has 1 heterocycles. The fourth-order valence-corrected chi connectivity index (χ4v) is 2.67. The zero-order valence-corrected chi connectivity index (χ0v) is 10.5. The number of nitrogens with one attached hydrogen (secondary N) is 1. The summed E-state index contributed by atoms with van der Waals surface area (Å²) in [6.45, 7) is 0. The SMILES string of the molecule is NNC(CC1CCC1)c1ccc2ncccc2c1. The number of nitrogens with zero attached hydrogens (tertiary/aromatic N) is 1. The first-order valence-corrected chi connectivity index (χ1v) is 6.67. The molecular formula is C15H19N3. The van der Waals surface area contributed by atoms with Crippen LogP contribution in [0.25, 0.3) is 10.9 Å². The Balaban J connectivity index is 1.86. The first-order valence-electron chi connectivity index (χ1n) is 6.67. The van der Waals surface area contributed by atoms with Crippen LogP contribution in [-0.2, 0) is 0 Å². The number of fused-ring (bicyclic) bond motifs is 1. The van der Waals surface area contributed by atoms with E-state index in [1.54, 1.807) is 0 Å². The monoisotopic (exact) mass is 241 g/mol. The third kappa shape index (κ3) is 2.24. The van der Waals surface area contributed by atoms with Crippen molar-refractivity contribution in [2.75, 3.05) is 0 Å². The van der Waals surface area contributed by atoms with Gasteiger partial charge in [0.15, 0.2) is 0 Å². The van der Waals surface area contributed by atoms with Gasteiger partial charge in [-0.25, -0.2) is 0 Å². The fraction of sp³-hybridized carbons (Fsp3) is 0.400. The summed E-state index contributed by atoms with van der Waals surface area (Å²) in [5.41, 5.74) is 5.27. The molecule has 0 bridgehead atoms. The molecule has 1 aliphatic rings. The van der Waals surface area contributed by atoms with Crippen LogP contribution in [0.4, 0.5) is 0 Å². The zero-order valence-electron chi connectivity index (χ0n) is 10.5. The summed E-state index contributed by atoms with van der Waals surface area (Å²) < 4.78 is 0. The zero-order chi connectivity index (χ0) is 12.4. The van der Waals surface area contributed by atoms with Crippen molar-refractivity contribution in [3.05, 3.63) is 42.1 Å². The number of hydrogen-bond acceptors (Lipinski definition) is 3. The summed E-state index contributed by atoms with van der Waals surface area (Å²) in [5.74, 6) is 6.55. The topological polar surface area (TPSA) is 50.9 Å². The number of pyridine rings is 1. The van der Waals surface area contributed by atoms with Crippen molar-refractivity contribution in [3.63, 3.8) is 0 Å². The second-order valence-corrected chi connectivity index (χ2v) is 5.21. The van der Waals surface area contributed by atoms with Crippen LogP contribution in [-0.4, -0.2) is 4.98 Å². The Hall–Kier alpha value is -1.45. The summed E-state index contributed by atoms with van der Waals surface area (Å²) in [6.07, 6.45) is 7.06. The predicted molar refractivity (Wildman–Crippen MR) is 73.8 cm³/mol. The Kier molecular flexibility index (Phi) is 3.26. The van der Waals surface area contributed by atoms with Crippen molar-refractivity contribution < 1.29 is 0 Å². The Bertz CT molecular complexity index is 534. The standard InChI is InChI=1S/C15H19N3/c16-18-15(9-11-3-1-4-11)13-6-7-14-12(10-13)5-2-8-17-14/h2,5-8,10-11,15,18H,1,3-4,9,16H2. The number of hydrogen-bond donors (Lipinski definition) is 2. The maximum Gasteiger partial charge on any atom is 0.0702 e. The summed E-state index contributed by atoms with van der Waals surface area (Å²) in [4.78, 5) is 4.34. The minimum absolute atomic E-state index is 0.264. The predicted octanol–water partition coefficient (Wildman–Crippen LogP) is 2.93. The molecule has 18 heavy (non-hydrogen) atoms. The molecule has 3 N–H and O–H groups in total. The third-order valence-corrected chi connectivity index (χ3v) is 4.02. The maximum absolute atomic E-state index is 5.71. The van der Waals surface area contributed by atoms with Gasteiger partial charge in [0, 0.05) is 17.6 Å². The number of hydrazine groups is 1. The number of rotatable bonds is 4. The van der Waals surface area contributed by atoms with Crippen LogP contribution in [0, 0.1) is 5.92 Å². The normalized spacial score (nSPS) is 17.6. The van der Waals surface area contributed by atoms with Gasteiger partial charge in [-0.05, 0) is 36.1 Å². The Morgan fingerprint density at radius 2 is 2.22 bits per heavy atom. The average molecular weight is 241 g/mol. The summed E-state index contributed by atoms with van der Waals surface area (Å²) in [6, 6.07) is 10.8. The van der Waals surface area contributed by atoms with Crippen LogP contribution < -0.4 is 11.3 Å². The van der Waals surface area contributed by atoms with Gasteiger partial charge in [-0.1, -0.05) is 31.4 Å². The molecule has 0 aliphatic heterocycles. The van der Waals surface area contributed by atoms with Gasteiger partial charge >= 0.3 is 0 Å². The fourth-order valence-electron chi connectivity index (χ4n) is 2.67. The lowest BCUT2D eigenvalue weighted by atomic mass is 9.79. The first kappa shape index (κ1) is 11.6. The maximum atomic E-state index is 5.71. The Morgan fingerprint density at radius 1 is 1.33 bits per heavy atom. The van der Waals surface area contributed by atoms with Crippen LogP contribution in [0.15, 0.2) is 36.5 Å². The molecule has 1 fully saturated rings. The Labute approximate surface area is 107 Å². The molecule has 3 nitrogen and oxygen atoms in total. The number of benzene rings is 1. The molecule has 2 aromatic rings. The highest BCUT2D eigenvalue weighted by Gasteiger charge is 2.22. The molecule has 0 spiro atoms. The van der Waals surface area contributed by atoms with Gasteiger partial charge in [-0.2, -0.15) is 0 Å². The number of aromatic nitrogens is 1. The smallest absolute Gasteiger partial charge is 0.0702 e. The summed E-state index contributed by atoms with van der Waals surface area (Å²) in [7, 11) is 0. The van der Waals surface area contributed by atoms with E-state index in [1.807, 2.05) is 12.3 Å². The average Bonchev–Trinajstić information content (AvgIpc) is 2.37. The molecule has 1 saturated carbocycles. The van der Waals surface area contributed by atoms with Crippen LogP contribution in [0.2, 0.25) is 0 Å². The molecule has 94 valence electrons. The van der Waals surface area contributed by atoms with E-state index >= 15 is 0 Å². The Morgan fingerprint density at radius 3 is 2.94 bits per heavy atom. The van der Waals surface area contributed by atoms with E-state index in [2.05, 4.69) is 34.7 Å². The van der Waals surface area contributed by atoms with Gasteiger partial charge in [-0.3, -0.25) is 16.3 Å². The highest BCUT2D eigenvalue weighted by Crippen LogP contribution is 2.34. The lowest BCUT2D eigenvalue weighted by Gasteiger charge is -2.29. The molecule has 3 heteroatoms. The van der Waals surface area contributed by atoms with E-state index in [-0.39, 0.29) is 6.04 Å². The van der Waals surface area contributed by atoms with Crippen molar-refractivity contribution in [3.8, 4) is 0 Å². The van der Waals surface area contributed by atoms with E-state index in [4.69, 9.17) is 5.84 Å². The minimum atomic E-state index is 0.264. The quantitative estimate of drug-likeness (QED) is 0.639. The second-order valence-electron chi connectivity index (χ2n) is 5.21. The van der Waals surface area contributed by atoms with E-state index < -0.39 is 0 Å². The minimum Gasteiger partial charge on any atom is -0.271 e. The van der Waals surface area contributed by atoms with Crippen LogP contribution in [0.3, 0.4) is 0 Å². The van der Waals surface area contributed by atoms with Crippen molar-refractivity contribution in [2.24, 2.45) is 11.8 Å². The molecule has 1 aromatic carbocycles. The molecule has 0 radical (unpaired) electrons. The molecule has 0 saturated heterocycles.